The molecule has 0 aliphatic heterocycles. The number of hydrogen-bond acceptors (Lipinski definition) is 3. The lowest BCUT2D eigenvalue weighted by Crippen LogP contribution is -2.44. The van der Waals surface area contributed by atoms with E-state index in [0.29, 0.717) is 19.6 Å². The van der Waals surface area contributed by atoms with Gasteiger partial charge in [-0.05, 0) is 12.8 Å². The molecule has 1 amide bonds. The predicted octanol–water partition coefficient (Wildman–Crippen LogP) is 0.119. The molecule has 3 N–H and O–H groups in total. The molecular weight excluding hydrogens is 180 g/mol. The first-order chi connectivity index (χ1) is 6.36. The van der Waals surface area contributed by atoms with Crippen LogP contribution in [0.5, 0.6) is 0 Å². The van der Waals surface area contributed by atoms with E-state index in [1.165, 1.54) is 6.92 Å². The maximum Gasteiger partial charge on any atom is 0.216 e. The van der Waals surface area contributed by atoms with Crippen LogP contribution >= 0.6 is 0 Å². The number of nitrogens with one attached hydrogen (secondary N) is 2. The second-order valence-corrected chi connectivity index (χ2v) is 4.17. The summed E-state index contributed by atoms with van der Waals surface area (Å²) in [6.45, 7) is 9.09. The van der Waals surface area contributed by atoms with Crippen LogP contribution < -0.4 is 10.6 Å². The predicted molar refractivity (Wildman–Crippen MR) is 57.0 cm³/mol. The Balaban J connectivity index is 3.49. The maximum absolute atomic E-state index is 10.5. The van der Waals surface area contributed by atoms with Crippen LogP contribution in [0.4, 0.5) is 0 Å². The average molecular weight is 202 g/mol. The van der Waals surface area contributed by atoms with E-state index in [1.807, 2.05) is 20.8 Å². The van der Waals surface area contributed by atoms with Crippen molar-refractivity contribution in [3.05, 3.63) is 0 Å². The lowest BCUT2D eigenvalue weighted by molar-refractivity contribution is -0.118. The molecule has 0 spiro atoms. The second-order valence-electron chi connectivity index (χ2n) is 4.17. The summed E-state index contributed by atoms with van der Waals surface area (Å²) >= 11 is 0. The van der Waals surface area contributed by atoms with Gasteiger partial charge in [-0.3, -0.25) is 4.79 Å². The molecule has 4 nitrogen and oxygen atoms in total. The highest BCUT2D eigenvalue weighted by atomic mass is 16.3. The van der Waals surface area contributed by atoms with E-state index < -0.39 is 5.60 Å². The Morgan fingerprint density at radius 3 is 2.43 bits per heavy atom. The third-order valence-corrected chi connectivity index (χ3v) is 2.40. The van der Waals surface area contributed by atoms with Crippen LogP contribution in [-0.2, 0) is 4.79 Å². The number of hydrogen-bond donors (Lipinski definition) is 3. The molecule has 14 heavy (non-hydrogen) atoms. The fourth-order valence-corrected chi connectivity index (χ4v) is 0.873. The molecular formula is C10H22N2O2. The van der Waals surface area contributed by atoms with Crippen molar-refractivity contribution in [2.24, 2.45) is 5.92 Å². The standard InChI is InChI=1S/C10H22N2O2/c1-8(2)10(4,14)7-11-5-6-12-9(3)13/h8,11,14H,5-7H2,1-4H3,(H,12,13). The lowest BCUT2D eigenvalue weighted by atomic mass is 9.93. The van der Waals surface area contributed by atoms with Crippen LogP contribution in [0.1, 0.15) is 27.7 Å². The molecule has 0 aromatic carbocycles. The third kappa shape index (κ3) is 5.94. The van der Waals surface area contributed by atoms with E-state index in [4.69, 9.17) is 0 Å². The van der Waals surface area contributed by atoms with Crippen molar-refractivity contribution in [2.45, 2.75) is 33.3 Å². The quantitative estimate of drug-likeness (QED) is 0.536. The zero-order chi connectivity index (χ0) is 11.2. The van der Waals surface area contributed by atoms with Gasteiger partial charge < -0.3 is 15.7 Å². The van der Waals surface area contributed by atoms with E-state index in [1.54, 1.807) is 0 Å². The SMILES string of the molecule is CC(=O)NCCNCC(C)(O)C(C)C. The summed E-state index contributed by atoms with van der Waals surface area (Å²) in [5.41, 5.74) is -0.684. The van der Waals surface area contributed by atoms with Gasteiger partial charge in [-0.25, -0.2) is 0 Å². The van der Waals surface area contributed by atoms with E-state index in [9.17, 15) is 9.90 Å². The van der Waals surface area contributed by atoms with Crippen LogP contribution in [0.2, 0.25) is 0 Å². The van der Waals surface area contributed by atoms with Crippen molar-refractivity contribution in [1.29, 1.82) is 0 Å². The first-order valence-electron chi connectivity index (χ1n) is 5.04. The van der Waals surface area contributed by atoms with Gasteiger partial charge in [-0.15, -0.1) is 0 Å². The van der Waals surface area contributed by atoms with Gasteiger partial charge in [0.2, 0.25) is 5.91 Å². The van der Waals surface area contributed by atoms with E-state index in [-0.39, 0.29) is 11.8 Å². The van der Waals surface area contributed by atoms with E-state index >= 15 is 0 Å². The van der Waals surface area contributed by atoms with Crippen LogP contribution in [0.3, 0.4) is 0 Å². The molecule has 0 aliphatic rings. The molecule has 1 atom stereocenters. The summed E-state index contributed by atoms with van der Waals surface area (Å²) < 4.78 is 0. The molecule has 0 saturated carbocycles. The molecule has 1 unspecified atom stereocenters. The van der Waals surface area contributed by atoms with Crippen LogP contribution in [0.15, 0.2) is 0 Å². The number of carbonyl (C=O) groups is 1. The highest BCUT2D eigenvalue weighted by molar-refractivity contribution is 5.72. The van der Waals surface area contributed by atoms with E-state index in [0.717, 1.165) is 0 Å². The van der Waals surface area contributed by atoms with Crippen molar-refractivity contribution in [3.8, 4) is 0 Å². The zero-order valence-corrected chi connectivity index (χ0v) is 9.55. The summed E-state index contributed by atoms with van der Waals surface area (Å²) in [5.74, 6) is 0.193. The molecule has 0 fully saturated rings. The summed E-state index contributed by atoms with van der Waals surface area (Å²) in [7, 11) is 0. The van der Waals surface area contributed by atoms with Crippen molar-refractivity contribution >= 4 is 5.91 Å². The molecule has 84 valence electrons. The van der Waals surface area contributed by atoms with Gasteiger partial charge >= 0.3 is 0 Å². The van der Waals surface area contributed by atoms with Gasteiger partial charge in [0, 0.05) is 26.6 Å². The van der Waals surface area contributed by atoms with Gasteiger partial charge in [-0.2, -0.15) is 0 Å². The van der Waals surface area contributed by atoms with Gasteiger partial charge in [0.1, 0.15) is 0 Å². The molecule has 0 rings (SSSR count). The van der Waals surface area contributed by atoms with Crippen molar-refractivity contribution < 1.29 is 9.90 Å². The molecule has 0 saturated heterocycles. The average Bonchev–Trinajstić information content (AvgIpc) is 2.02. The molecule has 0 radical (unpaired) electrons. The molecule has 0 bridgehead atoms. The molecule has 0 aliphatic carbocycles. The zero-order valence-electron chi connectivity index (χ0n) is 9.55. The summed E-state index contributed by atoms with van der Waals surface area (Å²) in [6, 6.07) is 0. The first kappa shape index (κ1) is 13.4. The fraction of sp³-hybridized carbons (Fsp3) is 0.900. The fourth-order valence-electron chi connectivity index (χ4n) is 0.873. The molecule has 4 heteroatoms. The number of aliphatic hydroxyl groups is 1. The molecule has 0 aromatic heterocycles. The van der Waals surface area contributed by atoms with Crippen molar-refractivity contribution in [3.63, 3.8) is 0 Å². The van der Waals surface area contributed by atoms with Crippen LogP contribution in [-0.4, -0.2) is 36.2 Å². The Labute approximate surface area is 86.1 Å². The van der Waals surface area contributed by atoms with Crippen molar-refractivity contribution in [2.75, 3.05) is 19.6 Å². The minimum Gasteiger partial charge on any atom is -0.389 e. The van der Waals surface area contributed by atoms with Gasteiger partial charge in [0.25, 0.3) is 0 Å². The van der Waals surface area contributed by atoms with Crippen LogP contribution in [0, 0.1) is 5.92 Å². The van der Waals surface area contributed by atoms with E-state index in [2.05, 4.69) is 10.6 Å². The summed E-state index contributed by atoms with van der Waals surface area (Å²) in [4.78, 5) is 10.5. The molecule has 0 heterocycles. The first-order valence-corrected chi connectivity index (χ1v) is 5.04. The second kappa shape index (κ2) is 5.98. The third-order valence-electron chi connectivity index (χ3n) is 2.40. The summed E-state index contributed by atoms with van der Waals surface area (Å²) in [5, 5.41) is 15.6. The Morgan fingerprint density at radius 2 is 2.00 bits per heavy atom. The van der Waals surface area contributed by atoms with Gasteiger partial charge in [0.05, 0.1) is 5.60 Å². The number of rotatable bonds is 6. The minimum absolute atomic E-state index is 0.0255. The monoisotopic (exact) mass is 202 g/mol. The topological polar surface area (TPSA) is 61.4 Å². The van der Waals surface area contributed by atoms with Gasteiger partial charge in [-0.1, -0.05) is 13.8 Å². The smallest absolute Gasteiger partial charge is 0.216 e. The summed E-state index contributed by atoms with van der Waals surface area (Å²) in [6.07, 6.45) is 0. The maximum atomic E-state index is 10.5. The van der Waals surface area contributed by atoms with Crippen molar-refractivity contribution in [1.82, 2.24) is 10.6 Å². The normalized spacial score (nSPS) is 15.3. The highest BCUT2D eigenvalue weighted by Crippen LogP contribution is 2.13. The Kier molecular flexibility index (Phi) is 5.72. The highest BCUT2D eigenvalue weighted by Gasteiger charge is 2.23. The molecule has 0 aromatic rings. The largest absolute Gasteiger partial charge is 0.389 e. The minimum atomic E-state index is -0.684. The Bertz CT molecular complexity index is 179. The number of amides is 1. The Hall–Kier alpha value is -0.610. The lowest BCUT2D eigenvalue weighted by Gasteiger charge is -2.27. The van der Waals surface area contributed by atoms with Crippen LogP contribution in [0.25, 0.3) is 0 Å². The Morgan fingerprint density at radius 1 is 1.43 bits per heavy atom. The van der Waals surface area contributed by atoms with Gasteiger partial charge in [0.15, 0.2) is 0 Å². The number of carbonyl (C=O) groups excluding carboxylic acids is 1.